The Morgan fingerprint density at radius 1 is 1.37 bits per heavy atom. The molecule has 0 spiro atoms. The van der Waals surface area contributed by atoms with Gasteiger partial charge in [0.25, 0.3) is 0 Å². The fourth-order valence-corrected chi connectivity index (χ4v) is 2.60. The van der Waals surface area contributed by atoms with Gasteiger partial charge in [-0.15, -0.1) is 0 Å². The highest BCUT2D eigenvalue weighted by molar-refractivity contribution is 5.19. The number of allylic oxidation sites excluding steroid dienone is 1. The topological polar surface area (TPSA) is 24.9 Å². The number of rotatable bonds is 6. The van der Waals surface area contributed by atoms with Crippen LogP contribution in [0.15, 0.2) is 30.1 Å². The maximum Gasteiger partial charge on any atom is 0.141 e. The third kappa shape index (κ3) is 4.43. The van der Waals surface area contributed by atoms with Crippen LogP contribution in [0.5, 0.6) is 0 Å². The largest absolute Gasteiger partial charge is 0.310 e. The molecule has 1 atom stereocenters. The van der Waals surface area contributed by atoms with Crippen molar-refractivity contribution < 1.29 is 4.39 Å². The molecule has 2 rings (SSSR count). The van der Waals surface area contributed by atoms with Gasteiger partial charge in [-0.1, -0.05) is 18.6 Å². The molecule has 2 nitrogen and oxygen atoms in total. The van der Waals surface area contributed by atoms with E-state index in [0.29, 0.717) is 0 Å². The zero-order valence-corrected chi connectivity index (χ0v) is 11.7. The van der Waals surface area contributed by atoms with E-state index in [9.17, 15) is 4.39 Å². The molecule has 1 aliphatic rings. The van der Waals surface area contributed by atoms with Crippen LogP contribution in [0, 0.1) is 5.82 Å². The van der Waals surface area contributed by atoms with Crippen molar-refractivity contribution in [1.29, 1.82) is 0 Å². The first-order valence-electron chi connectivity index (χ1n) is 7.31. The van der Waals surface area contributed by atoms with Crippen LogP contribution < -0.4 is 5.32 Å². The van der Waals surface area contributed by atoms with Gasteiger partial charge in [0.05, 0.1) is 6.20 Å². The molecule has 1 N–H and O–H groups in total. The standard InChI is InChI=1S/C16H23FN2/c1-2-8-19-16(9-13-6-4-3-5-7-13)14-10-15(17)12-18-11-14/h6,10-12,16,19H,2-5,7-9H2,1H3. The van der Waals surface area contributed by atoms with Crippen molar-refractivity contribution >= 4 is 0 Å². The second kappa shape index (κ2) is 7.39. The van der Waals surface area contributed by atoms with E-state index in [1.807, 2.05) is 0 Å². The Hall–Kier alpha value is -1.22. The molecule has 0 saturated heterocycles. The van der Waals surface area contributed by atoms with Crippen LogP contribution in [0.1, 0.15) is 57.1 Å². The third-order valence-electron chi connectivity index (χ3n) is 3.62. The van der Waals surface area contributed by atoms with Gasteiger partial charge < -0.3 is 5.32 Å². The molecular weight excluding hydrogens is 239 g/mol. The summed E-state index contributed by atoms with van der Waals surface area (Å²) in [6.07, 6.45) is 12.4. The van der Waals surface area contributed by atoms with Crippen LogP contribution in [-0.4, -0.2) is 11.5 Å². The fourth-order valence-electron chi connectivity index (χ4n) is 2.60. The molecule has 3 heteroatoms. The minimum Gasteiger partial charge on any atom is -0.310 e. The first-order valence-corrected chi connectivity index (χ1v) is 7.31. The van der Waals surface area contributed by atoms with Crippen LogP contribution in [-0.2, 0) is 0 Å². The number of aromatic nitrogens is 1. The van der Waals surface area contributed by atoms with E-state index >= 15 is 0 Å². The van der Waals surface area contributed by atoms with E-state index in [1.54, 1.807) is 12.3 Å². The van der Waals surface area contributed by atoms with Crippen LogP contribution in [0.3, 0.4) is 0 Å². The first kappa shape index (κ1) is 14.2. The van der Waals surface area contributed by atoms with Gasteiger partial charge in [-0.25, -0.2) is 4.39 Å². The second-order valence-corrected chi connectivity index (χ2v) is 5.26. The summed E-state index contributed by atoms with van der Waals surface area (Å²) < 4.78 is 13.3. The van der Waals surface area contributed by atoms with Crippen LogP contribution in [0.25, 0.3) is 0 Å². The smallest absolute Gasteiger partial charge is 0.141 e. The summed E-state index contributed by atoms with van der Waals surface area (Å²) in [5.74, 6) is -0.251. The lowest BCUT2D eigenvalue weighted by Gasteiger charge is -2.22. The molecule has 1 aliphatic carbocycles. The number of nitrogens with zero attached hydrogens (tertiary/aromatic N) is 1. The van der Waals surface area contributed by atoms with Gasteiger partial charge >= 0.3 is 0 Å². The average molecular weight is 262 g/mol. The lowest BCUT2D eigenvalue weighted by atomic mass is 9.92. The quantitative estimate of drug-likeness (QED) is 0.779. The molecule has 0 fully saturated rings. The molecule has 0 radical (unpaired) electrons. The summed E-state index contributed by atoms with van der Waals surface area (Å²) in [5, 5.41) is 3.51. The normalized spacial score (nSPS) is 17.1. The minimum absolute atomic E-state index is 0.187. The van der Waals surface area contributed by atoms with E-state index in [2.05, 4.69) is 23.3 Å². The Kier molecular flexibility index (Phi) is 5.52. The number of hydrogen-bond acceptors (Lipinski definition) is 2. The van der Waals surface area contributed by atoms with E-state index < -0.39 is 0 Å². The van der Waals surface area contributed by atoms with Crippen LogP contribution >= 0.6 is 0 Å². The highest BCUT2D eigenvalue weighted by atomic mass is 19.1. The van der Waals surface area contributed by atoms with Crippen molar-refractivity contribution in [2.75, 3.05) is 6.54 Å². The summed E-state index contributed by atoms with van der Waals surface area (Å²) in [7, 11) is 0. The van der Waals surface area contributed by atoms with Gasteiger partial charge in [0.15, 0.2) is 0 Å². The molecule has 0 bridgehead atoms. The van der Waals surface area contributed by atoms with Crippen LogP contribution in [0.2, 0.25) is 0 Å². The lowest BCUT2D eigenvalue weighted by molar-refractivity contribution is 0.506. The van der Waals surface area contributed by atoms with Gasteiger partial charge in [0.2, 0.25) is 0 Å². The number of nitrogens with one attached hydrogen (secondary N) is 1. The summed E-state index contributed by atoms with van der Waals surface area (Å²) in [4.78, 5) is 3.97. The third-order valence-corrected chi connectivity index (χ3v) is 3.62. The minimum atomic E-state index is -0.251. The van der Waals surface area contributed by atoms with E-state index in [4.69, 9.17) is 0 Å². The van der Waals surface area contributed by atoms with E-state index in [0.717, 1.165) is 24.9 Å². The van der Waals surface area contributed by atoms with Gasteiger partial charge in [-0.05, 0) is 56.7 Å². The van der Waals surface area contributed by atoms with Crippen molar-refractivity contribution in [3.05, 3.63) is 41.5 Å². The summed E-state index contributed by atoms with van der Waals surface area (Å²) in [6, 6.07) is 1.79. The second-order valence-electron chi connectivity index (χ2n) is 5.26. The Bertz CT molecular complexity index is 429. The Balaban J connectivity index is 2.08. The molecule has 1 heterocycles. The molecule has 0 aliphatic heterocycles. The van der Waals surface area contributed by atoms with Crippen molar-refractivity contribution in [3.63, 3.8) is 0 Å². The molecule has 19 heavy (non-hydrogen) atoms. The Morgan fingerprint density at radius 3 is 2.95 bits per heavy atom. The maximum atomic E-state index is 13.3. The molecule has 0 aromatic carbocycles. The predicted octanol–water partition coefficient (Wildman–Crippen LogP) is 4.15. The highest BCUT2D eigenvalue weighted by Crippen LogP contribution is 2.27. The summed E-state index contributed by atoms with van der Waals surface area (Å²) in [6.45, 7) is 3.10. The van der Waals surface area contributed by atoms with Crippen LogP contribution in [0.4, 0.5) is 4.39 Å². The number of halogens is 1. The highest BCUT2D eigenvalue weighted by Gasteiger charge is 2.15. The van der Waals surface area contributed by atoms with Gasteiger partial charge in [0.1, 0.15) is 5.82 Å². The lowest BCUT2D eigenvalue weighted by Crippen LogP contribution is -2.23. The zero-order valence-electron chi connectivity index (χ0n) is 11.7. The molecular formula is C16H23FN2. The monoisotopic (exact) mass is 262 g/mol. The number of pyridine rings is 1. The summed E-state index contributed by atoms with van der Waals surface area (Å²) >= 11 is 0. The average Bonchev–Trinajstić information content (AvgIpc) is 2.44. The molecule has 1 aromatic heterocycles. The van der Waals surface area contributed by atoms with Crippen molar-refractivity contribution in [2.45, 2.75) is 51.5 Å². The van der Waals surface area contributed by atoms with Crippen molar-refractivity contribution in [3.8, 4) is 0 Å². The SMILES string of the molecule is CCCNC(CC1=CCCCC1)c1cncc(F)c1. The van der Waals surface area contributed by atoms with Gasteiger partial charge in [-0.3, -0.25) is 4.98 Å². The van der Waals surface area contributed by atoms with Gasteiger partial charge in [0, 0.05) is 12.2 Å². The predicted molar refractivity (Wildman–Crippen MR) is 76.4 cm³/mol. The molecule has 1 unspecified atom stereocenters. The Labute approximate surface area is 115 Å². The Morgan fingerprint density at radius 2 is 2.26 bits per heavy atom. The zero-order chi connectivity index (χ0) is 13.5. The van der Waals surface area contributed by atoms with E-state index in [-0.39, 0.29) is 11.9 Å². The van der Waals surface area contributed by atoms with E-state index in [1.165, 1.54) is 37.5 Å². The molecule has 1 aromatic rings. The molecule has 104 valence electrons. The summed E-state index contributed by atoms with van der Waals surface area (Å²) in [5.41, 5.74) is 2.46. The fraction of sp³-hybridized carbons (Fsp3) is 0.562. The number of hydrogen-bond donors (Lipinski definition) is 1. The maximum absolute atomic E-state index is 13.3. The molecule has 0 saturated carbocycles. The van der Waals surface area contributed by atoms with Crippen molar-refractivity contribution in [1.82, 2.24) is 10.3 Å². The molecule has 0 amide bonds. The van der Waals surface area contributed by atoms with Crippen molar-refractivity contribution in [2.24, 2.45) is 0 Å². The van der Waals surface area contributed by atoms with Gasteiger partial charge in [-0.2, -0.15) is 0 Å². The first-order chi connectivity index (χ1) is 9.29.